The van der Waals surface area contributed by atoms with Crippen LogP contribution >= 0.6 is 0 Å². The molecule has 0 saturated carbocycles. The van der Waals surface area contributed by atoms with Crippen molar-refractivity contribution >= 4 is 0 Å². The molecule has 2 heterocycles. The molecule has 2 N–H and O–H groups in total. The Morgan fingerprint density at radius 1 is 0.531 bits per heavy atom. The lowest BCUT2D eigenvalue weighted by Gasteiger charge is -2.18. The third kappa shape index (κ3) is 30.9. The maximum absolute atomic E-state index is 12.7. The lowest BCUT2D eigenvalue weighted by molar-refractivity contribution is 0.388. The summed E-state index contributed by atoms with van der Waals surface area (Å²) in [5.74, 6) is 1.85. The van der Waals surface area contributed by atoms with Crippen LogP contribution in [-0.4, -0.2) is 16.1 Å². The zero-order valence-electron chi connectivity index (χ0n) is 45.4. The van der Waals surface area contributed by atoms with E-state index >= 15 is 0 Å². The number of aryl methyl sites for hydroxylation is 1. The van der Waals surface area contributed by atoms with Gasteiger partial charge in [0, 0.05) is 29.5 Å². The molecule has 5 rings (SSSR count). The first-order valence-corrected chi connectivity index (χ1v) is 23.7. The van der Waals surface area contributed by atoms with Crippen molar-refractivity contribution in [2.75, 3.05) is 6.54 Å². The van der Waals surface area contributed by atoms with Gasteiger partial charge < -0.3 is 14.7 Å². The van der Waals surface area contributed by atoms with Crippen LogP contribution in [0.1, 0.15) is 212 Å². The summed E-state index contributed by atoms with van der Waals surface area (Å²) in [6, 6.07) is 28.7. The average molecular weight is 890 g/mol. The minimum absolute atomic E-state index is 0.0437. The van der Waals surface area contributed by atoms with Gasteiger partial charge in [-0.15, -0.1) is 0 Å². The fourth-order valence-electron chi connectivity index (χ4n) is 4.83. The zero-order valence-corrected chi connectivity index (χ0v) is 45.4. The van der Waals surface area contributed by atoms with Gasteiger partial charge >= 0.3 is 0 Å². The lowest BCUT2D eigenvalue weighted by atomic mass is 9.87. The molecule has 364 valence electrons. The standard InChI is InChI=1S/2C10H13F.C10H18N2.C10H16O.C10H14.2C3H8.C2H7N/c2*1-10(2,3)8-5-4-6-9(11)7-8;1-8(2)12-6-9(11-7-12)10(3,4)5;1-5-8-6-7-9(11-8)10(2,3)4;1-10(2,3)9-7-5-4-6-8-9;2*1-3-2;1-2-3/h2*4-7H,1-3H3;6-8H,1-5H3;6-7H,5H2,1-4H3;4-8H,1-3H3;2*3H2,1-2H3;2-3H2,1H3. The number of rotatable bonds is 2. The Hall–Kier alpha value is -4.03. The molecule has 0 aliphatic heterocycles. The van der Waals surface area contributed by atoms with Gasteiger partial charge in [0.2, 0.25) is 0 Å². The van der Waals surface area contributed by atoms with Crippen molar-refractivity contribution in [1.82, 2.24) is 9.55 Å². The maximum atomic E-state index is 12.7. The van der Waals surface area contributed by atoms with Crippen molar-refractivity contribution in [1.29, 1.82) is 0 Å². The third-order valence-corrected chi connectivity index (χ3v) is 8.74. The van der Waals surface area contributed by atoms with Crippen molar-refractivity contribution in [2.45, 2.75) is 212 Å². The van der Waals surface area contributed by atoms with Crippen LogP contribution in [0.15, 0.2) is 108 Å². The highest BCUT2D eigenvalue weighted by atomic mass is 19.1. The first-order valence-electron chi connectivity index (χ1n) is 23.7. The molecule has 0 spiro atoms. The number of aromatic nitrogens is 2. The van der Waals surface area contributed by atoms with Gasteiger partial charge in [-0.05, 0) is 89.7 Å². The number of hydrogen-bond donors (Lipinski definition) is 1. The number of nitrogens with zero attached hydrogens (tertiary/aromatic N) is 2. The molecule has 0 saturated heterocycles. The van der Waals surface area contributed by atoms with Gasteiger partial charge in [0.05, 0.1) is 12.0 Å². The SMILES string of the molecule is CC(C)(C)c1cccc(F)c1.CC(C)(C)c1cccc(F)c1.CC(C)(C)c1ccccc1.CC(C)n1cnc(C(C)(C)C)c1.CCC.CCC.CCN.CCc1ccc(C(C)(C)C)o1. The van der Waals surface area contributed by atoms with E-state index in [1.165, 1.54) is 30.5 Å². The molecule has 0 amide bonds. The molecule has 0 fully saturated rings. The van der Waals surface area contributed by atoms with E-state index in [0.717, 1.165) is 41.3 Å². The Kier molecular flexibility index (Phi) is 31.9. The first-order chi connectivity index (χ1) is 29.3. The highest BCUT2D eigenvalue weighted by Gasteiger charge is 2.18. The molecule has 5 aromatic rings. The van der Waals surface area contributed by atoms with Crippen LogP contribution in [0.4, 0.5) is 8.78 Å². The first kappa shape index (κ1) is 64.3. The molecule has 3 aromatic carbocycles. The molecule has 64 heavy (non-hydrogen) atoms. The van der Waals surface area contributed by atoms with Gasteiger partial charge in [-0.2, -0.15) is 0 Å². The molecular weight excluding hydrogens is 793 g/mol. The van der Waals surface area contributed by atoms with Crippen LogP contribution in [0.2, 0.25) is 0 Å². The molecular formula is C58H97F2N3O. The van der Waals surface area contributed by atoms with Crippen LogP contribution < -0.4 is 5.73 Å². The van der Waals surface area contributed by atoms with Crippen LogP contribution in [-0.2, 0) is 33.5 Å². The Morgan fingerprint density at radius 3 is 1.11 bits per heavy atom. The predicted molar refractivity (Wildman–Crippen MR) is 280 cm³/mol. The van der Waals surface area contributed by atoms with Gasteiger partial charge in [-0.25, -0.2) is 13.8 Å². The molecule has 0 aliphatic carbocycles. The molecule has 0 radical (unpaired) electrons. The molecule has 4 nitrogen and oxygen atoms in total. The summed E-state index contributed by atoms with van der Waals surface area (Å²) in [5.41, 5.74) is 10.2. The van der Waals surface area contributed by atoms with Crippen molar-refractivity contribution < 1.29 is 13.2 Å². The van der Waals surface area contributed by atoms with Crippen molar-refractivity contribution in [3.8, 4) is 0 Å². The lowest BCUT2D eigenvalue weighted by Crippen LogP contribution is -2.11. The second-order valence-corrected chi connectivity index (χ2v) is 21.4. The van der Waals surface area contributed by atoms with Crippen molar-refractivity contribution in [3.63, 3.8) is 0 Å². The Labute approximate surface area is 394 Å². The summed E-state index contributed by atoms with van der Waals surface area (Å²) >= 11 is 0. The monoisotopic (exact) mass is 890 g/mol. The van der Waals surface area contributed by atoms with E-state index in [4.69, 9.17) is 10.2 Å². The summed E-state index contributed by atoms with van der Waals surface area (Å²) < 4.78 is 33.1. The molecule has 2 aromatic heterocycles. The highest BCUT2D eigenvalue weighted by Crippen LogP contribution is 2.25. The largest absolute Gasteiger partial charge is 0.466 e. The quantitative estimate of drug-likeness (QED) is 0.192. The Bertz CT molecular complexity index is 1790. The van der Waals surface area contributed by atoms with E-state index in [1.54, 1.807) is 24.3 Å². The maximum Gasteiger partial charge on any atom is 0.123 e. The Balaban J connectivity index is -0.000000694. The third-order valence-electron chi connectivity index (χ3n) is 8.74. The van der Waals surface area contributed by atoms with Crippen LogP contribution in [0.3, 0.4) is 0 Å². The Morgan fingerprint density at radius 2 is 0.906 bits per heavy atom. The summed E-state index contributed by atoms with van der Waals surface area (Å²) in [4.78, 5) is 4.37. The number of furan rings is 1. The second-order valence-electron chi connectivity index (χ2n) is 21.4. The van der Waals surface area contributed by atoms with Gasteiger partial charge in [-0.3, -0.25) is 0 Å². The normalized spacial score (nSPS) is 11.0. The van der Waals surface area contributed by atoms with E-state index in [0.29, 0.717) is 11.5 Å². The zero-order chi connectivity index (χ0) is 50.5. The topological polar surface area (TPSA) is 57.0 Å². The van der Waals surface area contributed by atoms with Gasteiger partial charge in [0.15, 0.2) is 0 Å². The summed E-state index contributed by atoms with van der Waals surface area (Å²) in [6.45, 7) is 49.7. The number of imidazole rings is 1. The molecule has 6 heteroatoms. The fraction of sp³-hybridized carbons (Fsp3) is 0.569. The van der Waals surface area contributed by atoms with Crippen molar-refractivity contribution in [3.05, 3.63) is 149 Å². The summed E-state index contributed by atoms with van der Waals surface area (Å²) in [5, 5.41) is 0. The van der Waals surface area contributed by atoms with Crippen LogP contribution in [0.25, 0.3) is 0 Å². The van der Waals surface area contributed by atoms with Crippen molar-refractivity contribution in [2.24, 2.45) is 5.73 Å². The molecule has 0 aliphatic rings. The molecule has 0 atom stereocenters. The number of halogens is 2. The van der Waals surface area contributed by atoms with Gasteiger partial charge in [0.25, 0.3) is 0 Å². The average Bonchev–Trinajstić information content (AvgIpc) is 3.89. The van der Waals surface area contributed by atoms with Crippen LogP contribution in [0.5, 0.6) is 0 Å². The molecule has 0 unspecified atom stereocenters. The number of benzene rings is 3. The minimum Gasteiger partial charge on any atom is -0.466 e. The molecule has 0 bridgehead atoms. The highest BCUT2D eigenvalue weighted by molar-refractivity contribution is 5.24. The minimum atomic E-state index is -0.155. The van der Waals surface area contributed by atoms with Gasteiger partial charge in [-0.1, -0.05) is 213 Å². The van der Waals surface area contributed by atoms with E-state index in [-0.39, 0.29) is 33.3 Å². The summed E-state index contributed by atoms with van der Waals surface area (Å²) in [7, 11) is 0. The number of nitrogens with two attached hydrogens (primary N) is 1. The van der Waals surface area contributed by atoms with Crippen LogP contribution in [0, 0.1) is 11.6 Å². The number of hydrogen-bond acceptors (Lipinski definition) is 3. The fourth-order valence-corrected chi connectivity index (χ4v) is 4.83. The van der Waals surface area contributed by atoms with E-state index in [2.05, 4.69) is 211 Å². The van der Waals surface area contributed by atoms with Gasteiger partial charge in [0.1, 0.15) is 23.2 Å². The van der Waals surface area contributed by atoms with E-state index in [1.807, 2.05) is 25.4 Å². The smallest absolute Gasteiger partial charge is 0.123 e. The van der Waals surface area contributed by atoms with E-state index in [9.17, 15) is 8.78 Å². The van der Waals surface area contributed by atoms with E-state index < -0.39 is 0 Å². The predicted octanol–water partition coefficient (Wildman–Crippen LogP) is 17.9. The summed E-state index contributed by atoms with van der Waals surface area (Å²) in [6.07, 6.45) is 7.52. The second kappa shape index (κ2) is 31.8.